The maximum atomic E-state index is 12.5. The van der Waals surface area contributed by atoms with Gasteiger partial charge in [-0.05, 0) is 37.0 Å². The average molecular weight is 511 g/mol. The minimum absolute atomic E-state index is 0.119. The van der Waals surface area contributed by atoms with E-state index in [-0.39, 0.29) is 30.2 Å². The summed E-state index contributed by atoms with van der Waals surface area (Å²) in [6.07, 6.45) is 5.11. The van der Waals surface area contributed by atoms with Crippen molar-refractivity contribution in [2.45, 2.75) is 52.7 Å². The van der Waals surface area contributed by atoms with Gasteiger partial charge in [0, 0.05) is 43.9 Å². The minimum atomic E-state index is -0.577. The molecule has 3 N–H and O–H groups in total. The van der Waals surface area contributed by atoms with Gasteiger partial charge in [-0.1, -0.05) is 26.0 Å². The predicted molar refractivity (Wildman–Crippen MR) is 139 cm³/mol. The van der Waals surface area contributed by atoms with Gasteiger partial charge in [-0.3, -0.25) is 19.6 Å². The van der Waals surface area contributed by atoms with E-state index in [1.54, 1.807) is 53.1 Å². The highest BCUT2D eigenvalue weighted by Crippen LogP contribution is 2.14. The molecule has 198 valence electrons. The highest BCUT2D eigenvalue weighted by Gasteiger charge is 2.10. The van der Waals surface area contributed by atoms with Crippen LogP contribution in [0.3, 0.4) is 0 Å². The third-order valence-electron chi connectivity index (χ3n) is 5.24. The number of carbonyl (C=O) groups excluding carboxylic acids is 2. The van der Waals surface area contributed by atoms with Crippen LogP contribution in [0.4, 0.5) is 10.5 Å². The maximum absolute atomic E-state index is 12.5. The smallest absolute Gasteiger partial charge is 0.411 e. The Kier molecular flexibility index (Phi) is 9.96. The van der Waals surface area contributed by atoms with Crippen LogP contribution in [0.2, 0.25) is 0 Å². The zero-order chi connectivity index (χ0) is 26.8. The van der Waals surface area contributed by atoms with E-state index in [1.807, 2.05) is 19.9 Å². The van der Waals surface area contributed by atoms with Crippen LogP contribution in [0, 0.1) is 5.92 Å². The van der Waals surface area contributed by atoms with Gasteiger partial charge in [0.1, 0.15) is 11.4 Å². The summed E-state index contributed by atoms with van der Waals surface area (Å²) in [6.45, 7) is 6.63. The molecule has 0 saturated heterocycles. The van der Waals surface area contributed by atoms with Crippen molar-refractivity contribution in [3.63, 3.8) is 0 Å². The van der Waals surface area contributed by atoms with Gasteiger partial charge < -0.3 is 15.2 Å². The SMILES string of the molecule is CC(C)COC(=O)Nc1cccc(Cc2nn(-c3cnn(CCCC(=O)NCC(C)O)c3)ccc2=O)c1. The molecule has 0 aliphatic heterocycles. The molecule has 2 amide bonds. The van der Waals surface area contributed by atoms with Crippen LogP contribution in [0.5, 0.6) is 0 Å². The Morgan fingerprint density at radius 2 is 2.00 bits per heavy atom. The summed E-state index contributed by atoms with van der Waals surface area (Å²) in [6, 6.07) is 8.64. The first kappa shape index (κ1) is 27.6. The van der Waals surface area contributed by atoms with Crippen LogP contribution in [0.25, 0.3) is 5.69 Å². The van der Waals surface area contributed by atoms with E-state index in [9.17, 15) is 19.5 Å². The first-order valence-corrected chi connectivity index (χ1v) is 12.3. The van der Waals surface area contributed by atoms with Crippen molar-refractivity contribution in [3.8, 4) is 5.69 Å². The fourth-order valence-corrected chi connectivity index (χ4v) is 3.41. The van der Waals surface area contributed by atoms with Gasteiger partial charge in [-0.25, -0.2) is 9.48 Å². The Labute approximate surface area is 215 Å². The lowest BCUT2D eigenvalue weighted by Gasteiger charge is -2.10. The van der Waals surface area contributed by atoms with Crippen LogP contribution in [0.1, 0.15) is 44.9 Å². The molecule has 3 aromatic rings. The number of nitrogens with zero attached hydrogens (tertiary/aromatic N) is 4. The molecule has 0 saturated carbocycles. The fourth-order valence-electron chi connectivity index (χ4n) is 3.41. The van der Waals surface area contributed by atoms with Crippen molar-refractivity contribution in [2.75, 3.05) is 18.5 Å². The summed E-state index contributed by atoms with van der Waals surface area (Å²) in [4.78, 5) is 36.2. The molecule has 0 spiro atoms. The molecule has 37 heavy (non-hydrogen) atoms. The van der Waals surface area contributed by atoms with E-state index < -0.39 is 12.2 Å². The number of aliphatic hydroxyl groups excluding tert-OH is 1. The molecule has 2 aromatic heterocycles. The van der Waals surface area contributed by atoms with Crippen LogP contribution < -0.4 is 16.1 Å². The molecule has 11 nitrogen and oxygen atoms in total. The summed E-state index contributed by atoms with van der Waals surface area (Å²) < 4.78 is 8.45. The normalized spacial score (nSPS) is 11.8. The average Bonchev–Trinajstić information content (AvgIpc) is 3.32. The Hall–Kier alpha value is -3.99. The molecule has 1 unspecified atom stereocenters. The van der Waals surface area contributed by atoms with Crippen molar-refractivity contribution in [1.29, 1.82) is 0 Å². The fraction of sp³-hybridized carbons (Fsp3) is 0.423. The highest BCUT2D eigenvalue weighted by atomic mass is 16.5. The van der Waals surface area contributed by atoms with E-state index in [1.165, 1.54) is 6.07 Å². The van der Waals surface area contributed by atoms with Gasteiger partial charge in [0.2, 0.25) is 11.3 Å². The molecule has 1 aromatic carbocycles. The monoisotopic (exact) mass is 510 g/mol. The lowest BCUT2D eigenvalue weighted by atomic mass is 10.1. The van der Waals surface area contributed by atoms with Crippen molar-refractivity contribution < 1.29 is 19.4 Å². The third-order valence-corrected chi connectivity index (χ3v) is 5.24. The Balaban J connectivity index is 1.61. The molecule has 0 bridgehead atoms. The van der Waals surface area contributed by atoms with Gasteiger partial charge >= 0.3 is 6.09 Å². The molecule has 11 heteroatoms. The molecule has 3 rings (SSSR count). The first-order chi connectivity index (χ1) is 17.7. The number of amides is 2. The number of rotatable bonds is 12. The summed E-state index contributed by atoms with van der Waals surface area (Å²) in [5.74, 6) is 0.120. The zero-order valence-electron chi connectivity index (χ0n) is 21.4. The van der Waals surface area contributed by atoms with Crippen LogP contribution in [0.15, 0.2) is 53.7 Å². The second-order valence-corrected chi connectivity index (χ2v) is 9.28. The van der Waals surface area contributed by atoms with Crippen LogP contribution >= 0.6 is 0 Å². The van der Waals surface area contributed by atoms with Gasteiger partial charge in [0.25, 0.3) is 0 Å². The lowest BCUT2D eigenvalue weighted by Crippen LogP contribution is -2.30. The highest BCUT2D eigenvalue weighted by molar-refractivity contribution is 5.84. The first-order valence-electron chi connectivity index (χ1n) is 12.3. The van der Waals surface area contributed by atoms with Gasteiger partial charge in [-0.2, -0.15) is 10.2 Å². The number of aromatic nitrogens is 4. The zero-order valence-corrected chi connectivity index (χ0v) is 21.4. The molecule has 2 heterocycles. The van der Waals surface area contributed by atoms with Crippen molar-refractivity contribution >= 4 is 17.7 Å². The molecule has 0 aliphatic rings. The summed E-state index contributed by atoms with van der Waals surface area (Å²) >= 11 is 0. The van der Waals surface area contributed by atoms with E-state index in [0.29, 0.717) is 43.1 Å². The Morgan fingerprint density at radius 3 is 2.76 bits per heavy atom. The summed E-state index contributed by atoms with van der Waals surface area (Å²) in [5.41, 5.74) is 2.23. The van der Waals surface area contributed by atoms with Gasteiger partial charge in [-0.15, -0.1) is 0 Å². The molecular weight excluding hydrogens is 476 g/mol. The molecule has 0 aliphatic carbocycles. The molecule has 0 radical (unpaired) electrons. The predicted octanol–water partition coefficient (Wildman–Crippen LogP) is 2.50. The number of benzene rings is 1. The Bertz CT molecular complexity index is 1250. The largest absolute Gasteiger partial charge is 0.449 e. The van der Waals surface area contributed by atoms with E-state index in [0.717, 1.165) is 5.56 Å². The van der Waals surface area contributed by atoms with Crippen molar-refractivity contribution in [2.24, 2.45) is 5.92 Å². The maximum Gasteiger partial charge on any atom is 0.411 e. The number of aliphatic hydroxyl groups is 1. The number of aryl methyl sites for hydroxylation is 1. The van der Waals surface area contributed by atoms with Crippen LogP contribution in [-0.4, -0.2) is 55.9 Å². The second-order valence-electron chi connectivity index (χ2n) is 9.28. The number of anilines is 1. The van der Waals surface area contributed by atoms with E-state index in [2.05, 4.69) is 20.8 Å². The van der Waals surface area contributed by atoms with Gasteiger partial charge in [0.15, 0.2) is 0 Å². The van der Waals surface area contributed by atoms with Crippen molar-refractivity contribution in [1.82, 2.24) is 24.9 Å². The number of nitrogens with one attached hydrogen (secondary N) is 2. The molecule has 0 fully saturated rings. The second kappa shape index (κ2) is 13.4. The summed E-state index contributed by atoms with van der Waals surface area (Å²) in [5, 5.41) is 23.4. The molecular formula is C26H34N6O5. The molecule has 1 atom stereocenters. The van der Waals surface area contributed by atoms with E-state index in [4.69, 9.17) is 4.74 Å². The van der Waals surface area contributed by atoms with Crippen LogP contribution in [-0.2, 0) is 22.5 Å². The lowest BCUT2D eigenvalue weighted by molar-refractivity contribution is -0.121. The quantitative estimate of drug-likeness (QED) is 0.340. The number of carbonyl (C=O) groups is 2. The van der Waals surface area contributed by atoms with Crippen molar-refractivity contribution in [3.05, 3.63) is 70.4 Å². The van der Waals surface area contributed by atoms with Gasteiger partial charge in [0.05, 0.1) is 25.1 Å². The number of hydrogen-bond acceptors (Lipinski definition) is 7. The number of hydrogen-bond donors (Lipinski definition) is 3. The number of ether oxygens (including phenoxy) is 1. The standard InChI is InChI=1S/C26H34N6O5/c1-18(2)17-37-26(36)29-21-7-4-6-20(12-21)13-23-24(34)9-11-32(30-23)22-15-28-31(16-22)10-5-8-25(35)27-14-19(3)33/h4,6-7,9,11-12,15-16,18-19,33H,5,8,10,13-14,17H2,1-3H3,(H,27,35)(H,29,36). The van der Waals surface area contributed by atoms with E-state index >= 15 is 0 Å². The third kappa shape index (κ3) is 9.19. The minimum Gasteiger partial charge on any atom is -0.449 e. The summed E-state index contributed by atoms with van der Waals surface area (Å²) in [7, 11) is 0. The Morgan fingerprint density at radius 1 is 1.19 bits per heavy atom. The topological polar surface area (TPSA) is 140 Å².